The standard InChI is InChI=1S/C30H25N3O3S/c1-35-20-12-13-25(36-2)21(16-20)22-17-23(18-8-4-3-5-9-18)32-29-26(22)27(31)28(37-29)30(34)33-15-14-19-10-6-7-11-24(19)33/h3-13,16-17H,14-15,31H2,1-2H3. The first-order valence-corrected chi connectivity index (χ1v) is 12.8. The van der Waals surface area contributed by atoms with Crippen LogP contribution in [-0.2, 0) is 6.42 Å². The largest absolute Gasteiger partial charge is 0.497 e. The van der Waals surface area contributed by atoms with Crippen molar-refractivity contribution in [1.29, 1.82) is 0 Å². The van der Waals surface area contributed by atoms with Crippen LogP contribution in [0.25, 0.3) is 32.6 Å². The number of carbonyl (C=O) groups excluding carboxylic acids is 1. The van der Waals surface area contributed by atoms with E-state index in [2.05, 4.69) is 6.07 Å². The quantitative estimate of drug-likeness (QED) is 0.297. The smallest absolute Gasteiger partial charge is 0.270 e. The number of carbonyl (C=O) groups is 1. The predicted octanol–water partition coefficient (Wildman–Crippen LogP) is 6.43. The van der Waals surface area contributed by atoms with Gasteiger partial charge in [-0.3, -0.25) is 4.79 Å². The number of thiophene rings is 1. The first-order chi connectivity index (χ1) is 18.1. The van der Waals surface area contributed by atoms with E-state index in [1.54, 1.807) is 14.2 Å². The molecule has 6 nitrogen and oxygen atoms in total. The monoisotopic (exact) mass is 507 g/mol. The molecule has 0 radical (unpaired) electrons. The van der Waals surface area contributed by atoms with Crippen LogP contribution >= 0.6 is 11.3 Å². The molecule has 7 heteroatoms. The second-order valence-electron chi connectivity index (χ2n) is 8.85. The van der Waals surface area contributed by atoms with E-state index in [-0.39, 0.29) is 5.91 Å². The molecule has 0 aliphatic carbocycles. The van der Waals surface area contributed by atoms with Gasteiger partial charge in [-0.25, -0.2) is 4.98 Å². The number of pyridine rings is 1. The summed E-state index contributed by atoms with van der Waals surface area (Å²) in [5, 5.41) is 0.743. The Bertz CT molecular complexity index is 1650. The topological polar surface area (TPSA) is 77.7 Å². The number of hydrogen-bond donors (Lipinski definition) is 1. The summed E-state index contributed by atoms with van der Waals surface area (Å²) >= 11 is 1.34. The number of nitrogens with zero attached hydrogens (tertiary/aromatic N) is 2. The van der Waals surface area contributed by atoms with Crippen LogP contribution in [0.4, 0.5) is 11.4 Å². The molecule has 3 aromatic carbocycles. The molecule has 0 fully saturated rings. The van der Waals surface area contributed by atoms with Crippen LogP contribution in [0.2, 0.25) is 0 Å². The number of ether oxygens (including phenoxy) is 2. The van der Waals surface area contributed by atoms with Crippen molar-refractivity contribution in [2.45, 2.75) is 6.42 Å². The van der Waals surface area contributed by atoms with Crippen LogP contribution in [0.3, 0.4) is 0 Å². The third-order valence-corrected chi connectivity index (χ3v) is 7.88. The highest BCUT2D eigenvalue weighted by atomic mass is 32.1. The van der Waals surface area contributed by atoms with E-state index >= 15 is 0 Å². The maximum Gasteiger partial charge on any atom is 0.270 e. The van der Waals surface area contributed by atoms with Crippen LogP contribution in [0.1, 0.15) is 15.2 Å². The van der Waals surface area contributed by atoms with Crippen LogP contribution in [0.5, 0.6) is 11.5 Å². The Labute approximate surface area is 218 Å². The number of nitrogens with two attached hydrogens (primary N) is 1. The van der Waals surface area contributed by atoms with E-state index in [0.717, 1.165) is 39.9 Å². The third kappa shape index (κ3) is 3.88. The number of benzene rings is 3. The molecule has 2 N–H and O–H groups in total. The molecule has 0 spiro atoms. The fraction of sp³-hybridized carbons (Fsp3) is 0.133. The average Bonchev–Trinajstić information content (AvgIpc) is 3.53. The minimum atomic E-state index is -0.102. The van der Waals surface area contributed by atoms with Crippen LogP contribution in [0.15, 0.2) is 78.9 Å². The van der Waals surface area contributed by atoms with Gasteiger partial charge in [-0.2, -0.15) is 0 Å². The zero-order chi connectivity index (χ0) is 25.5. The number of fused-ring (bicyclic) bond motifs is 2. The van der Waals surface area contributed by atoms with Crippen molar-refractivity contribution in [1.82, 2.24) is 4.98 Å². The van der Waals surface area contributed by atoms with E-state index in [0.29, 0.717) is 33.4 Å². The summed E-state index contributed by atoms with van der Waals surface area (Å²) in [5.74, 6) is 1.27. The van der Waals surface area contributed by atoms with Gasteiger partial charge in [0.1, 0.15) is 21.2 Å². The number of para-hydroxylation sites is 1. The van der Waals surface area contributed by atoms with E-state index in [4.69, 9.17) is 20.2 Å². The first kappa shape index (κ1) is 23.1. The number of anilines is 2. The van der Waals surface area contributed by atoms with Gasteiger partial charge in [0, 0.05) is 34.3 Å². The minimum Gasteiger partial charge on any atom is -0.497 e. The van der Waals surface area contributed by atoms with Gasteiger partial charge >= 0.3 is 0 Å². The molecule has 0 saturated carbocycles. The number of methoxy groups -OCH3 is 2. The minimum absolute atomic E-state index is 0.102. The normalized spacial score (nSPS) is 12.5. The molecule has 3 heterocycles. The van der Waals surface area contributed by atoms with Gasteiger partial charge in [0.05, 0.1) is 25.6 Å². The molecule has 1 amide bonds. The van der Waals surface area contributed by atoms with Crippen molar-refractivity contribution >= 4 is 38.8 Å². The van der Waals surface area contributed by atoms with Crippen molar-refractivity contribution in [3.05, 3.63) is 89.3 Å². The highest BCUT2D eigenvalue weighted by molar-refractivity contribution is 7.21. The summed E-state index contributed by atoms with van der Waals surface area (Å²) in [6, 6.07) is 25.7. The SMILES string of the molecule is COc1ccc(OC)c(-c2cc(-c3ccccc3)nc3sc(C(=O)N4CCc5ccccc54)c(N)c23)c1. The molecule has 1 aliphatic rings. The van der Waals surface area contributed by atoms with E-state index in [1.807, 2.05) is 77.7 Å². The molecule has 5 aromatic rings. The van der Waals surface area contributed by atoms with Crippen molar-refractivity contribution in [3.63, 3.8) is 0 Å². The first-order valence-electron chi connectivity index (χ1n) is 12.0. The van der Waals surface area contributed by atoms with Gasteiger partial charge in [-0.05, 0) is 42.3 Å². The van der Waals surface area contributed by atoms with Crippen molar-refractivity contribution in [2.24, 2.45) is 0 Å². The number of rotatable bonds is 5. The molecule has 1 aliphatic heterocycles. The Balaban J connectivity index is 1.58. The third-order valence-electron chi connectivity index (χ3n) is 6.79. The molecular formula is C30H25N3O3S. The molecular weight excluding hydrogens is 482 g/mol. The van der Waals surface area contributed by atoms with E-state index in [9.17, 15) is 4.79 Å². The van der Waals surface area contributed by atoms with E-state index < -0.39 is 0 Å². The van der Waals surface area contributed by atoms with Gasteiger partial charge in [-0.1, -0.05) is 48.5 Å². The predicted molar refractivity (Wildman–Crippen MR) is 150 cm³/mol. The Morgan fingerprint density at radius 1 is 0.946 bits per heavy atom. The lowest BCUT2D eigenvalue weighted by atomic mass is 9.98. The van der Waals surface area contributed by atoms with Crippen molar-refractivity contribution < 1.29 is 14.3 Å². The maximum atomic E-state index is 13.8. The maximum absolute atomic E-state index is 13.8. The molecule has 37 heavy (non-hydrogen) atoms. The van der Waals surface area contributed by atoms with Gasteiger partial charge in [0.25, 0.3) is 5.91 Å². The van der Waals surface area contributed by atoms with Crippen LogP contribution in [-0.4, -0.2) is 31.7 Å². The van der Waals surface area contributed by atoms with Gasteiger partial charge in [0.2, 0.25) is 0 Å². The molecule has 0 unspecified atom stereocenters. The van der Waals surface area contributed by atoms with Crippen LogP contribution in [0, 0.1) is 0 Å². The Morgan fingerprint density at radius 3 is 2.51 bits per heavy atom. The molecule has 184 valence electrons. The molecule has 0 atom stereocenters. The highest BCUT2D eigenvalue weighted by Crippen LogP contribution is 2.45. The Hall–Kier alpha value is -4.36. The van der Waals surface area contributed by atoms with Gasteiger partial charge < -0.3 is 20.1 Å². The summed E-state index contributed by atoms with van der Waals surface area (Å²) in [6.45, 7) is 0.630. The summed E-state index contributed by atoms with van der Waals surface area (Å²) < 4.78 is 11.2. The summed E-state index contributed by atoms with van der Waals surface area (Å²) in [7, 11) is 3.27. The summed E-state index contributed by atoms with van der Waals surface area (Å²) in [4.78, 5) is 21.8. The van der Waals surface area contributed by atoms with Crippen molar-refractivity contribution in [3.8, 4) is 33.9 Å². The lowest BCUT2D eigenvalue weighted by Crippen LogP contribution is -2.28. The number of nitrogen functional groups attached to an aromatic ring is 1. The zero-order valence-electron chi connectivity index (χ0n) is 20.5. The summed E-state index contributed by atoms with van der Waals surface area (Å²) in [5.41, 5.74) is 12.7. The summed E-state index contributed by atoms with van der Waals surface area (Å²) in [6.07, 6.45) is 0.829. The number of aromatic nitrogens is 1. The molecule has 2 aromatic heterocycles. The van der Waals surface area contributed by atoms with E-state index in [1.165, 1.54) is 16.9 Å². The van der Waals surface area contributed by atoms with Gasteiger partial charge in [-0.15, -0.1) is 11.3 Å². The number of amides is 1. The lowest BCUT2D eigenvalue weighted by molar-refractivity contribution is 0.0994. The second kappa shape index (κ2) is 9.26. The lowest BCUT2D eigenvalue weighted by Gasteiger charge is -2.17. The van der Waals surface area contributed by atoms with Gasteiger partial charge in [0.15, 0.2) is 0 Å². The highest BCUT2D eigenvalue weighted by Gasteiger charge is 2.30. The molecule has 6 rings (SSSR count). The average molecular weight is 508 g/mol. The Kier molecular flexibility index (Phi) is 5.77. The van der Waals surface area contributed by atoms with Crippen molar-refractivity contribution in [2.75, 3.05) is 31.4 Å². The fourth-order valence-electron chi connectivity index (χ4n) is 4.95. The number of hydrogen-bond acceptors (Lipinski definition) is 6. The Morgan fingerprint density at radius 2 is 1.73 bits per heavy atom. The zero-order valence-corrected chi connectivity index (χ0v) is 21.3. The molecule has 0 bridgehead atoms. The second-order valence-corrected chi connectivity index (χ2v) is 9.85. The van der Waals surface area contributed by atoms with Crippen LogP contribution < -0.4 is 20.1 Å². The molecule has 0 saturated heterocycles. The fourth-order valence-corrected chi connectivity index (χ4v) is 6.01.